The Morgan fingerprint density at radius 3 is 2.55 bits per heavy atom. The lowest BCUT2D eigenvalue weighted by Crippen LogP contribution is -2.63. The number of nitrogens with one attached hydrogen (secondary N) is 1. The van der Waals surface area contributed by atoms with E-state index < -0.39 is 0 Å². The third-order valence-electron chi connectivity index (χ3n) is 8.02. The van der Waals surface area contributed by atoms with E-state index in [0.29, 0.717) is 29.8 Å². The predicted octanol–water partition coefficient (Wildman–Crippen LogP) is 4.05. The first-order valence-corrected chi connectivity index (χ1v) is 11.5. The summed E-state index contributed by atoms with van der Waals surface area (Å²) in [7, 11) is 1.73. The molecule has 4 saturated heterocycles. The summed E-state index contributed by atoms with van der Waals surface area (Å²) in [6.07, 6.45) is 7.20. The van der Waals surface area contributed by atoms with Gasteiger partial charge in [0, 0.05) is 31.7 Å². The minimum absolute atomic E-state index is 0. The molecule has 7 heteroatoms. The molecule has 4 aliphatic rings. The maximum Gasteiger partial charge on any atom is 0.242 e. The van der Waals surface area contributed by atoms with Crippen LogP contribution >= 0.6 is 24.8 Å². The van der Waals surface area contributed by atoms with Crippen LogP contribution in [-0.2, 0) is 4.79 Å². The van der Waals surface area contributed by atoms with E-state index in [9.17, 15) is 4.79 Å². The Hall–Kier alpha value is -1.01. The van der Waals surface area contributed by atoms with Gasteiger partial charge in [-0.1, -0.05) is 12.1 Å². The number of halogens is 2. The molecule has 0 saturated carbocycles. The number of piperidine rings is 3. The van der Waals surface area contributed by atoms with Crippen molar-refractivity contribution >= 4 is 30.7 Å². The molecule has 2 bridgehead atoms. The van der Waals surface area contributed by atoms with Crippen LogP contribution < -0.4 is 10.1 Å². The number of rotatable bonds is 3. The van der Waals surface area contributed by atoms with Crippen molar-refractivity contribution in [3.63, 3.8) is 0 Å². The molecule has 5 rings (SSSR count). The molecule has 0 spiro atoms. The maximum atomic E-state index is 13.3. The Kier molecular flexibility index (Phi) is 7.83. The maximum absolute atomic E-state index is 13.3. The van der Waals surface area contributed by atoms with Crippen LogP contribution in [-0.4, -0.2) is 60.6 Å². The molecule has 5 nitrogen and oxygen atoms in total. The summed E-state index contributed by atoms with van der Waals surface area (Å²) < 4.78 is 5.35. The molecule has 1 aromatic carbocycles. The summed E-state index contributed by atoms with van der Waals surface area (Å²) >= 11 is 0. The summed E-state index contributed by atoms with van der Waals surface area (Å²) in [5.74, 6) is 2.51. The van der Waals surface area contributed by atoms with E-state index in [1.165, 1.54) is 31.2 Å². The third kappa shape index (κ3) is 4.57. The fourth-order valence-corrected chi connectivity index (χ4v) is 6.58. The van der Waals surface area contributed by atoms with Crippen LogP contribution in [0.25, 0.3) is 0 Å². The largest absolute Gasteiger partial charge is 0.497 e. The zero-order chi connectivity index (χ0) is 20.0. The molecule has 4 aliphatic heterocycles. The average molecular weight is 470 g/mol. The summed E-state index contributed by atoms with van der Waals surface area (Å²) in [4.78, 5) is 18.3. The summed E-state index contributed by atoms with van der Waals surface area (Å²) in [5.41, 5.74) is 1.09. The fraction of sp³-hybridized carbons (Fsp3) is 0.708. The molecule has 4 fully saturated rings. The molecular formula is C24H37Cl2N3O2. The van der Waals surface area contributed by atoms with E-state index in [1.54, 1.807) is 7.11 Å². The smallest absolute Gasteiger partial charge is 0.242 e. The minimum Gasteiger partial charge on any atom is -0.497 e. The zero-order valence-electron chi connectivity index (χ0n) is 18.7. The van der Waals surface area contributed by atoms with Gasteiger partial charge in [0.25, 0.3) is 0 Å². The Morgan fingerprint density at radius 1 is 1.10 bits per heavy atom. The van der Waals surface area contributed by atoms with Crippen LogP contribution in [0.5, 0.6) is 5.75 Å². The van der Waals surface area contributed by atoms with Crippen LogP contribution in [0.3, 0.4) is 0 Å². The lowest BCUT2D eigenvalue weighted by atomic mass is 9.73. The van der Waals surface area contributed by atoms with Gasteiger partial charge in [-0.2, -0.15) is 0 Å². The molecule has 0 radical (unpaired) electrons. The highest BCUT2D eigenvalue weighted by atomic mass is 35.5. The van der Waals surface area contributed by atoms with Crippen molar-refractivity contribution in [2.75, 3.05) is 33.3 Å². The number of likely N-dealkylation sites (tertiary alicyclic amines) is 1. The van der Waals surface area contributed by atoms with Crippen molar-refractivity contribution < 1.29 is 9.53 Å². The fourth-order valence-electron chi connectivity index (χ4n) is 6.58. The molecule has 31 heavy (non-hydrogen) atoms. The summed E-state index contributed by atoms with van der Waals surface area (Å²) in [6, 6.07) is 9.82. The van der Waals surface area contributed by atoms with Crippen molar-refractivity contribution in [2.45, 2.75) is 63.1 Å². The van der Waals surface area contributed by atoms with Crippen molar-refractivity contribution in [3.05, 3.63) is 29.8 Å². The van der Waals surface area contributed by atoms with Gasteiger partial charge in [0.1, 0.15) is 5.75 Å². The van der Waals surface area contributed by atoms with E-state index in [1.807, 2.05) is 0 Å². The molecule has 0 aliphatic carbocycles. The van der Waals surface area contributed by atoms with Crippen LogP contribution in [0.2, 0.25) is 0 Å². The number of carbonyl (C=O) groups is 1. The lowest BCUT2D eigenvalue weighted by molar-refractivity contribution is -0.145. The number of benzene rings is 1. The second-order valence-corrected chi connectivity index (χ2v) is 9.92. The van der Waals surface area contributed by atoms with Gasteiger partial charge < -0.3 is 15.0 Å². The van der Waals surface area contributed by atoms with Crippen molar-refractivity contribution in [1.82, 2.24) is 15.1 Å². The standard InChI is InChI=1S/C24H35N3O2.2ClH/c1-24(11-4-12-25-24)23(28)26-14-17-13-19(16-26)22-6-3-5-21(27(22)15-17)18-7-9-20(29-2)10-8-18;;/h7-10,17,19,21-22,25H,3-6,11-16H2,1-2H3;2*1H/t17-,19+,21+,22-,24-;;/m0../s1. The number of hydrogen-bond acceptors (Lipinski definition) is 4. The van der Waals surface area contributed by atoms with E-state index >= 15 is 0 Å². The molecule has 1 aromatic rings. The van der Waals surface area contributed by atoms with Crippen LogP contribution in [0.1, 0.15) is 57.1 Å². The SMILES string of the molecule is COc1ccc([C@H]2CCC[C@H]3[C@@H]4C[C@@H](CN(C(=O)[C@]5(C)CCCN5)C4)CN23)cc1.Cl.Cl. The molecule has 1 amide bonds. The number of hydrogen-bond donors (Lipinski definition) is 1. The van der Waals surface area contributed by atoms with Crippen molar-refractivity contribution in [1.29, 1.82) is 0 Å². The number of amides is 1. The zero-order valence-corrected chi connectivity index (χ0v) is 20.4. The lowest BCUT2D eigenvalue weighted by Gasteiger charge is -2.55. The topological polar surface area (TPSA) is 44.8 Å². The monoisotopic (exact) mass is 469 g/mol. The molecule has 4 heterocycles. The van der Waals surface area contributed by atoms with Gasteiger partial charge in [0.2, 0.25) is 5.91 Å². The summed E-state index contributed by atoms with van der Waals surface area (Å²) in [6.45, 7) is 6.10. The first kappa shape index (κ1) is 24.6. The number of carbonyl (C=O) groups excluding carboxylic acids is 1. The first-order valence-electron chi connectivity index (χ1n) is 11.5. The van der Waals surface area contributed by atoms with E-state index in [-0.39, 0.29) is 30.4 Å². The quantitative estimate of drug-likeness (QED) is 0.724. The van der Waals surface area contributed by atoms with Gasteiger partial charge >= 0.3 is 0 Å². The van der Waals surface area contributed by atoms with Crippen LogP contribution in [0, 0.1) is 11.8 Å². The van der Waals surface area contributed by atoms with Gasteiger partial charge in [-0.15, -0.1) is 24.8 Å². The van der Waals surface area contributed by atoms with E-state index in [0.717, 1.165) is 44.8 Å². The summed E-state index contributed by atoms with van der Waals surface area (Å²) in [5, 5.41) is 3.48. The van der Waals surface area contributed by atoms with Gasteiger partial charge in [-0.05, 0) is 81.5 Å². The van der Waals surface area contributed by atoms with Crippen LogP contribution in [0.4, 0.5) is 0 Å². The molecule has 1 N–H and O–H groups in total. The second-order valence-electron chi connectivity index (χ2n) is 9.92. The molecule has 0 aromatic heterocycles. The minimum atomic E-state index is -0.330. The highest BCUT2D eigenvalue weighted by Gasteiger charge is 2.48. The normalized spacial score (nSPS) is 34.8. The molecule has 174 valence electrons. The number of methoxy groups -OCH3 is 1. The Bertz CT molecular complexity index is 754. The predicted molar refractivity (Wildman–Crippen MR) is 128 cm³/mol. The van der Waals surface area contributed by atoms with Crippen LogP contribution in [0.15, 0.2) is 24.3 Å². The van der Waals surface area contributed by atoms with Gasteiger partial charge in [-0.25, -0.2) is 0 Å². The highest BCUT2D eigenvalue weighted by Crippen LogP contribution is 2.45. The molecule has 5 atom stereocenters. The van der Waals surface area contributed by atoms with Gasteiger partial charge in [-0.3, -0.25) is 9.69 Å². The highest BCUT2D eigenvalue weighted by molar-refractivity contribution is 5.86. The van der Waals surface area contributed by atoms with E-state index in [4.69, 9.17) is 4.74 Å². The van der Waals surface area contributed by atoms with E-state index in [2.05, 4.69) is 46.3 Å². The average Bonchev–Trinajstić information content (AvgIpc) is 3.20. The number of nitrogens with zero attached hydrogens (tertiary/aromatic N) is 2. The van der Waals surface area contributed by atoms with Crippen molar-refractivity contribution in [2.24, 2.45) is 11.8 Å². The number of ether oxygens (including phenoxy) is 1. The van der Waals surface area contributed by atoms with Gasteiger partial charge in [0.15, 0.2) is 0 Å². The molecular weight excluding hydrogens is 433 g/mol. The number of fused-ring (bicyclic) bond motifs is 4. The Labute approximate surface area is 199 Å². The Morgan fingerprint density at radius 2 is 1.87 bits per heavy atom. The first-order chi connectivity index (χ1) is 14.1. The van der Waals surface area contributed by atoms with Gasteiger partial charge in [0.05, 0.1) is 12.6 Å². The molecule has 0 unspecified atom stereocenters. The second kappa shape index (κ2) is 9.86. The van der Waals surface area contributed by atoms with Crippen molar-refractivity contribution in [3.8, 4) is 5.75 Å². The third-order valence-corrected chi connectivity index (χ3v) is 8.02. The Balaban J connectivity index is 0.00000136.